The Kier molecular flexibility index (Phi) is 2.89. The molecule has 1 aromatic rings. The Labute approximate surface area is 91.5 Å². The second-order valence-corrected chi connectivity index (χ2v) is 4.80. The molecule has 1 fully saturated rings. The molecule has 0 saturated carbocycles. The fraction of sp³-hybridized carbons (Fsp3) is 0.667. The lowest BCUT2D eigenvalue weighted by Crippen LogP contribution is -2.46. The quantitative estimate of drug-likeness (QED) is 0.758. The van der Waals surface area contributed by atoms with Crippen molar-refractivity contribution in [2.75, 3.05) is 11.4 Å². The number of nitrogens with zero attached hydrogens (tertiary/aromatic N) is 3. The predicted octanol–water partition coefficient (Wildman–Crippen LogP) is 2.27. The number of aromatic nitrogens is 2. The molecule has 0 radical (unpaired) electrons. The smallest absolute Gasteiger partial charge is 0.132 e. The first kappa shape index (κ1) is 10.4. The van der Waals surface area contributed by atoms with Crippen molar-refractivity contribution in [2.45, 2.75) is 39.7 Å². The highest BCUT2D eigenvalue weighted by molar-refractivity contribution is 5.42. The van der Waals surface area contributed by atoms with Crippen LogP contribution in [-0.2, 0) is 6.42 Å². The molecule has 0 N–H and O–H groups in total. The van der Waals surface area contributed by atoms with Gasteiger partial charge in [0.2, 0.25) is 0 Å². The summed E-state index contributed by atoms with van der Waals surface area (Å²) in [5, 5.41) is 0. The van der Waals surface area contributed by atoms with Crippen molar-refractivity contribution in [3.8, 4) is 0 Å². The van der Waals surface area contributed by atoms with Crippen molar-refractivity contribution < 1.29 is 0 Å². The summed E-state index contributed by atoms with van der Waals surface area (Å²) in [6.45, 7) is 7.81. The van der Waals surface area contributed by atoms with Gasteiger partial charge < -0.3 is 4.90 Å². The van der Waals surface area contributed by atoms with E-state index in [-0.39, 0.29) is 0 Å². The minimum Gasteiger partial charge on any atom is -0.354 e. The van der Waals surface area contributed by atoms with Gasteiger partial charge in [-0.2, -0.15) is 0 Å². The van der Waals surface area contributed by atoms with Gasteiger partial charge in [-0.15, -0.1) is 0 Å². The average molecular weight is 205 g/mol. The van der Waals surface area contributed by atoms with Gasteiger partial charge in [-0.25, -0.2) is 9.97 Å². The molecule has 3 heteroatoms. The van der Waals surface area contributed by atoms with Crippen LogP contribution in [0.1, 0.15) is 32.9 Å². The highest BCUT2D eigenvalue weighted by Crippen LogP contribution is 2.24. The van der Waals surface area contributed by atoms with E-state index in [1.54, 1.807) is 6.33 Å². The van der Waals surface area contributed by atoms with Gasteiger partial charge in [0.05, 0.1) is 0 Å². The van der Waals surface area contributed by atoms with Crippen molar-refractivity contribution in [1.29, 1.82) is 0 Å². The summed E-state index contributed by atoms with van der Waals surface area (Å²) in [5.41, 5.74) is 1.16. The molecule has 0 aromatic carbocycles. The Morgan fingerprint density at radius 3 is 2.80 bits per heavy atom. The van der Waals surface area contributed by atoms with Gasteiger partial charge in [0.15, 0.2) is 0 Å². The molecule has 1 atom stereocenters. The van der Waals surface area contributed by atoms with Crippen LogP contribution in [0.2, 0.25) is 0 Å². The highest BCUT2D eigenvalue weighted by atomic mass is 15.3. The Hall–Kier alpha value is -1.12. The average Bonchev–Trinajstić information content (AvgIpc) is 2.15. The molecule has 1 aromatic heterocycles. The maximum atomic E-state index is 4.33. The number of hydrogen-bond donors (Lipinski definition) is 0. The van der Waals surface area contributed by atoms with Crippen LogP contribution in [-0.4, -0.2) is 22.6 Å². The molecule has 2 rings (SSSR count). The summed E-state index contributed by atoms with van der Waals surface area (Å²) < 4.78 is 0. The zero-order chi connectivity index (χ0) is 10.8. The van der Waals surface area contributed by atoms with Crippen LogP contribution in [0.25, 0.3) is 0 Å². The summed E-state index contributed by atoms with van der Waals surface area (Å²) in [5.74, 6) is 1.75. The summed E-state index contributed by atoms with van der Waals surface area (Å²) >= 11 is 0. The molecule has 1 unspecified atom stereocenters. The van der Waals surface area contributed by atoms with E-state index in [9.17, 15) is 0 Å². The molecule has 0 aliphatic carbocycles. The first-order chi connectivity index (χ1) is 7.16. The minimum atomic E-state index is 0.645. The summed E-state index contributed by atoms with van der Waals surface area (Å²) in [4.78, 5) is 11.0. The SMILES string of the molecule is CC(C)Cc1cc(N2CCC2C)ncn1. The molecule has 2 heterocycles. The highest BCUT2D eigenvalue weighted by Gasteiger charge is 2.24. The third kappa shape index (κ3) is 2.28. The van der Waals surface area contributed by atoms with Gasteiger partial charge >= 0.3 is 0 Å². The zero-order valence-corrected chi connectivity index (χ0v) is 9.77. The number of anilines is 1. The molecule has 1 aliphatic heterocycles. The summed E-state index contributed by atoms with van der Waals surface area (Å²) in [7, 11) is 0. The zero-order valence-electron chi connectivity index (χ0n) is 9.77. The lowest BCUT2D eigenvalue weighted by Gasteiger charge is -2.39. The van der Waals surface area contributed by atoms with Crippen LogP contribution >= 0.6 is 0 Å². The van der Waals surface area contributed by atoms with Crippen molar-refractivity contribution in [1.82, 2.24) is 9.97 Å². The van der Waals surface area contributed by atoms with Gasteiger partial charge in [0.1, 0.15) is 12.1 Å². The molecular formula is C12H19N3. The van der Waals surface area contributed by atoms with Crippen molar-refractivity contribution in [3.63, 3.8) is 0 Å². The fourth-order valence-electron chi connectivity index (χ4n) is 1.93. The van der Waals surface area contributed by atoms with Crippen LogP contribution in [0, 0.1) is 5.92 Å². The van der Waals surface area contributed by atoms with Gasteiger partial charge in [0, 0.05) is 24.3 Å². The fourth-order valence-corrected chi connectivity index (χ4v) is 1.93. The third-order valence-electron chi connectivity index (χ3n) is 2.94. The number of hydrogen-bond acceptors (Lipinski definition) is 3. The Morgan fingerprint density at radius 2 is 2.27 bits per heavy atom. The van der Waals surface area contributed by atoms with Crippen LogP contribution in [0.15, 0.2) is 12.4 Å². The standard InChI is InChI=1S/C12H19N3/c1-9(2)6-11-7-12(14-8-13-11)15-5-4-10(15)3/h7-10H,4-6H2,1-3H3. The maximum absolute atomic E-state index is 4.33. The molecule has 0 spiro atoms. The Morgan fingerprint density at radius 1 is 1.47 bits per heavy atom. The monoisotopic (exact) mass is 205 g/mol. The Bertz CT molecular complexity index is 335. The summed E-state index contributed by atoms with van der Waals surface area (Å²) in [6.07, 6.45) is 4.01. The van der Waals surface area contributed by atoms with Gasteiger partial charge in [-0.3, -0.25) is 0 Å². The summed E-state index contributed by atoms with van der Waals surface area (Å²) in [6, 6.07) is 2.78. The number of rotatable bonds is 3. The first-order valence-corrected chi connectivity index (χ1v) is 5.74. The molecule has 0 amide bonds. The van der Waals surface area contributed by atoms with Crippen LogP contribution < -0.4 is 4.90 Å². The molecule has 15 heavy (non-hydrogen) atoms. The molecule has 1 saturated heterocycles. The van der Waals surface area contributed by atoms with E-state index < -0.39 is 0 Å². The van der Waals surface area contributed by atoms with Crippen LogP contribution in [0.3, 0.4) is 0 Å². The Balaban J connectivity index is 2.12. The second kappa shape index (κ2) is 4.17. The molecule has 0 bridgehead atoms. The van der Waals surface area contributed by atoms with Crippen LogP contribution in [0.5, 0.6) is 0 Å². The lowest BCUT2D eigenvalue weighted by molar-refractivity contribution is 0.475. The topological polar surface area (TPSA) is 29.0 Å². The molecule has 3 nitrogen and oxygen atoms in total. The van der Waals surface area contributed by atoms with Crippen molar-refractivity contribution in [3.05, 3.63) is 18.1 Å². The van der Waals surface area contributed by atoms with E-state index in [4.69, 9.17) is 0 Å². The predicted molar refractivity (Wildman–Crippen MR) is 62.0 cm³/mol. The van der Waals surface area contributed by atoms with Gasteiger partial charge in [-0.05, 0) is 25.7 Å². The second-order valence-electron chi connectivity index (χ2n) is 4.80. The minimum absolute atomic E-state index is 0.645. The van der Waals surface area contributed by atoms with Crippen molar-refractivity contribution in [2.24, 2.45) is 5.92 Å². The van der Waals surface area contributed by atoms with E-state index in [1.165, 1.54) is 6.42 Å². The normalized spacial score (nSPS) is 20.5. The third-order valence-corrected chi connectivity index (χ3v) is 2.94. The van der Waals surface area contributed by atoms with E-state index >= 15 is 0 Å². The first-order valence-electron chi connectivity index (χ1n) is 5.74. The van der Waals surface area contributed by atoms with E-state index in [0.717, 1.165) is 24.5 Å². The molecule has 82 valence electrons. The lowest BCUT2D eigenvalue weighted by atomic mass is 10.0. The molecule has 1 aliphatic rings. The van der Waals surface area contributed by atoms with Crippen molar-refractivity contribution >= 4 is 5.82 Å². The van der Waals surface area contributed by atoms with Gasteiger partial charge in [0.25, 0.3) is 0 Å². The maximum Gasteiger partial charge on any atom is 0.132 e. The largest absolute Gasteiger partial charge is 0.354 e. The van der Waals surface area contributed by atoms with E-state index in [2.05, 4.69) is 41.7 Å². The van der Waals surface area contributed by atoms with Crippen LogP contribution in [0.4, 0.5) is 5.82 Å². The molecular weight excluding hydrogens is 186 g/mol. The van der Waals surface area contributed by atoms with E-state index in [0.29, 0.717) is 12.0 Å². The van der Waals surface area contributed by atoms with E-state index in [1.807, 2.05) is 0 Å². The van der Waals surface area contributed by atoms with Gasteiger partial charge in [-0.1, -0.05) is 13.8 Å².